The zero-order valence-electron chi connectivity index (χ0n) is 10.9. The van der Waals surface area contributed by atoms with Gasteiger partial charge in [-0.3, -0.25) is 4.90 Å². The molecule has 0 bridgehead atoms. The van der Waals surface area contributed by atoms with Crippen molar-refractivity contribution < 1.29 is 18.3 Å². The Bertz CT molecular complexity index is 466. The van der Waals surface area contributed by atoms with Gasteiger partial charge in [-0.05, 0) is 25.5 Å². The summed E-state index contributed by atoms with van der Waals surface area (Å²) in [4.78, 5) is 1.97. The van der Waals surface area contributed by atoms with E-state index in [4.69, 9.17) is 0 Å². The van der Waals surface area contributed by atoms with Crippen molar-refractivity contribution in [1.82, 2.24) is 4.90 Å². The van der Waals surface area contributed by atoms with Crippen LogP contribution in [-0.2, 0) is 6.54 Å². The smallest absolute Gasteiger partial charge is 0.161 e. The van der Waals surface area contributed by atoms with Crippen LogP contribution in [-0.4, -0.2) is 29.7 Å². The lowest BCUT2D eigenvalue weighted by molar-refractivity contribution is 0.0424. The summed E-state index contributed by atoms with van der Waals surface area (Å²) < 4.78 is 39.6. The lowest BCUT2D eigenvalue weighted by Gasteiger charge is -2.39. The average molecular weight is 273 g/mol. The van der Waals surface area contributed by atoms with Gasteiger partial charge in [0.15, 0.2) is 11.6 Å². The van der Waals surface area contributed by atoms with E-state index in [1.54, 1.807) is 0 Å². The molecule has 0 aliphatic carbocycles. The van der Waals surface area contributed by atoms with E-state index in [2.05, 4.69) is 0 Å². The van der Waals surface area contributed by atoms with Crippen LogP contribution >= 0.6 is 0 Å². The van der Waals surface area contributed by atoms with Crippen LogP contribution in [0.3, 0.4) is 0 Å². The Balaban J connectivity index is 2.11. The molecule has 1 aliphatic rings. The minimum atomic E-state index is -1.17. The summed E-state index contributed by atoms with van der Waals surface area (Å²) >= 11 is 0. The number of rotatable bonds is 3. The predicted molar refractivity (Wildman–Crippen MR) is 66.0 cm³/mol. The van der Waals surface area contributed by atoms with Crippen LogP contribution in [0.1, 0.15) is 25.3 Å². The number of hydrogen-bond donors (Lipinski definition) is 1. The number of aliphatic hydroxyl groups is 1. The first kappa shape index (κ1) is 14.3. The number of nitrogens with zero attached hydrogens (tertiary/aromatic N) is 1. The number of benzene rings is 1. The van der Waals surface area contributed by atoms with Crippen LogP contribution in [0, 0.1) is 22.9 Å². The van der Waals surface area contributed by atoms with E-state index < -0.39 is 17.5 Å². The maximum absolute atomic E-state index is 13.6. The first-order chi connectivity index (χ1) is 8.93. The average Bonchev–Trinajstić information content (AvgIpc) is 2.36. The van der Waals surface area contributed by atoms with E-state index in [1.807, 2.05) is 11.8 Å². The third kappa shape index (κ3) is 3.28. The van der Waals surface area contributed by atoms with Crippen LogP contribution in [0.25, 0.3) is 0 Å². The summed E-state index contributed by atoms with van der Waals surface area (Å²) in [6.07, 6.45) is 1.82. The fraction of sp³-hybridized carbons (Fsp3) is 0.571. The van der Waals surface area contributed by atoms with Crippen molar-refractivity contribution in [3.05, 3.63) is 35.1 Å². The molecule has 1 fully saturated rings. The Kier molecular flexibility index (Phi) is 4.16. The lowest BCUT2D eigenvalue weighted by atomic mass is 9.82. The number of aliphatic hydroxyl groups excluding tert-OH is 1. The summed E-state index contributed by atoms with van der Waals surface area (Å²) in [5, 5.41) is 9.36. The van der Waals surface area contributed by atoms with Crippen LogP contribution in [0.4, 0.5) is 13.2 Å². The Labute approximate surface area is 110 Å². The number of piperidine rings is 1. The molecule has 1 unspecified atom stereocenters. The first-order valence-electron chi connectivity index (χ1n) is 6.40. The van der Waals surface area contributed by atoms with Gasteiger partial charge in [0.25, 0.3) is 0 Å². The summed E-state index contributed by atoms with van der Waals surface area (Å²) in [5.41, 5.74) is -0.0473. The lowest BCUT2D eigenvalue weighted by Crippen LogP contribution is -2.43. The summed E-state index contributed by atoms with van der Waals surface area (Å²) in [5.74, 6) is -2.92. The van der Waals surface area contributed by atoms with Gasteiger partial charge in [0.05, 0.1) is 0 Å². The highest BCUT2D eigenvalue weighted by Gasteiger charge is 2.30. The molecule has 1 aromatic rings. The molecule has 1 saturated heterocycles. The number of likely N-dealkylation sites (tertiary alicyclic amines) is 1. The van der Waals surface area contributed by atoms with E-state index in [9.17, 15) is 18.3 Å². The summed E-state index contributed by atoms with van der Waals surface area (Å²) in [6.45, 7) is 3.68. The zero-order valence-corrected chi connectivity index (χ0v) is 10.9. The SMILES string of the molecule is CC1(CO)CCCN(Cc2cc(F)c(F)cc2F)C1. The monoisotopic (exact) mass is 273 g/mol. The highest BCUT2D eigenvalue weighted by Crippen LogP contribution is 2.30. The van der Waals surface area contributed by atoms with E-state index in [-0.39, 0.29) is 24.1 Å². The second-order valence-electron chi connectivity index (χ2n) is 5.64. The van der Waals surface area contributed by atoms with E-state index in [1.165, 1.54) is 0 Å². The molecule has 1 heterocycles. The van der Waals surface area contributed by atoms with Gasteiger partial charge in [-0.15, -0.1) is 0 Å². The van der Waals surface area contributed by atoms with Crippen molar-refractivity contribution in [3.8, 4) is 0 Å². The minimum absolute atomic E-state index is 0.0732. The van der Waals surface area contributed by atoms with E-state index in [0.29, 0.717) is 12.6 Å². The van der Waals surface area contributed by atoms with Gasteiger partial charge >= 0.3 is 0 Å². The fourth-order valence-corrected chi connectivity index (χ4v) is 2.62. The molecule has 0 radical (unpaired) electrons. The molecule has 0 spiro atoms. The minimum Gasteiger partial charge on any atom is -0.396 e. The standard InChI is InChI=1S/C14H18F3NO/c1-14(9-19)3-2-4-18(8-14)7-10-5-12(16)13(17)6-11(10)15/h5-6,19H,2-4,7-9H2,1H3. The molecule has 106 valence electrons. The molecule has 2 nitrogen and oxygen atoms in total. The van der Waals surface area contributed by atoms with Crippen molar-refractivity contribution in [2.45, 2.75) is 26.3 Å². The first-order valence-corrected chi connectivity index (χ1v) is 6.40. The molecule has 1 atom stereocenters. The topological polar surface area (TPSA) is 23.5 Å². The molecule has 1 N–H and O–H groups in total. The highest BCUT2D eigenvalue weighted by atomic mass is 19.2. The fourth-order valence-electron chi connectivity index (χ4n) is 2.62. The second kappa shape index (κ2) is 5.51. The number of halogens is 3. The third-order valence-electron chi connectivity index (χ3n) is 3.72. The largest absolute Gasteiger partial charge is 0.396 e. The van der Waals surface area contributed by atoms with Crippen molar-refractivity contribution in [1.29, 1.82) is 0 Å². The highest BCUT2D eigenvalue weighted by molar-refractivity contribution is 5.20. The van der Waals surface area contributed by atoms with Crippen LogP contribution in [0.2, 0.25) is 0 Å². The third-order valence-corrected chi connectivity index (χ3v) is 3.72. The van der Waals surface area contributed by atoms with Crippen molar-refractivity contribution in [2.24, 2.45) is 5.41 Å². The Morgan fingerprint density at radius 3 is 2.58 bits per heavy atom. The molecule has 0 aromatic heterocycles. The Morgan fingerprint density at radius 2 is 1.89 bits per heavy atom. The van der Waals surface area contributed by atoms with Crippen molar-refractivity contribution in [2.75, 3.05) is 19.7 Å². The normalized spacial score (nSPS) is 24.7. The van der Waals surface area contributed by atoms with Crippen LogP contribution in [0.15, 0.2) is 12.1 Å². The van der Waals surface area contributed by atoms with Gasteiger partial charge in [0.1, 0.15) is 5.82 Å². The molecule has 0 saturated carbocycles. The van der Waals surface area contributed by atoms with E-state index in [0.717, 1.165) is 25.5 Å². The second-order valence-corrected chi connectivity index (χ2v) is 5.64. The molecule has 5 heteroatoms. The predicted octanol–water partition coefficient (Wildman–Crippen LogP) is 2.70. The van der Waals surface area contributed by atoms with Gasteiger partial charge in [-0.2, -0.15) is 0 Å². The van der Waals surface area contributed by atoms with Crippen LogP contribution < -0.4 is 0 Å². The number of hydrogen-bond acceptors (Lipinski definition) is 2. The van der Waals surface area contributed by atoms with E-state index >= 15 is 0 Å². The molecule has 1 aromatic carbocycles. The molecule has 1 aliphatic heterocycles. The van der Waals surface area contributed by atoms with Crippen molar-refractivity contribution >= 4 is 0 Å². The van der Waals surface area contributed by atoms with Crippen LogP contribution in [0.5, 0.6) is 0 Å². The van der Waals surface area contributed by atoms with Gasteiger partial charge in [0.2, 0.25) is 0 Å². The molecule has 0 amide bonds. The molecule has 19 heavy (non-hydrogen) atoms. The van der Waals surface area contributed by atoms with Gasteiger partial charge in [-0.1, -0.05) is 6.92 Å². The van der Waals surface area contributed by atoms with Gasteiger partial charge in [-0.25, -0.2) is 13.2 Å². The van der Waals surface area contributed by atoms with Gasteiger partial charge in [0, 0.05) is 36.7 Å². The maximum atomic E-state index is 13.6. The van der Waals surface area contributed by atoms with Gasteiger partial charge < -0.3 is 5.11 Å². The zero-order chi connectivity index (χ0) is 14.0. The maximum Gasteiger partial charge on any atom is 0.161 e. The summed E-state index contributed by atoms with van der Waals surface area (Å²) in [7, 11) is 0. The molecular weight excluding hydrogens is 255 g/mol. The molecule has 2 rings (SSSR count). The van der Waals surface area contributed by atoms with Crippen molar-refractivity contribution in [3.63, 3.8) is 0 Å². The quantitative estimate of drug-likeness (QED) is 0.856. The molecular formula is C14H18F3NO. The Morgan fingerprint density at radius 1 is 1.21 bits per heavy atom. The Hall–Kier alpha value is -1.07. The summed E-state index contributed by atoms with van der Waals surface area (Å²) in [6, 6.07) is 1.50.